The van der Waals surface area contributed by atoms with Crippen LogP contribution in [-0.2, 0) is 16.1 Å². The van der Waals surface area contributed by atoms with Crippen LogP contribution in [0.4, 0.5) is 0 Å². The van der Waals surface area contributed by atoms with Gasteiger partial charge in [-0.1, -0.05) is 15.9 Å². The number of rotatable bonds is 3. The number of piperidine rings is 1. The Bertz CT molecular complexity index is 519. The summed E-state index contributed by atoms with van der Waals surface area (Å²) in [7, 11) is 1.57. The molecule has 2 rings (SSSR count). The predicted octanol–water partition coefficient (Wildman–Crippen LogP) is 1.43. The molecule has 1 aromatic carbocycles. The number of carbonyl (C=O) groups excluding carboxylic acids is 2. The molecular weight excluding hydrogens is 312 g/mol. The molecule has 0 spiro atoms. The van der Waals surface area contributed by atoms with Gasteiger partial charge in [0, 0.05) is 10.9 Å². The van der Waals surface area contributed by atoms with E-state index in [0.717, 1.165) is 10.0 Å². The molecule has 0 bridgehead atoms. The van der Waals surface area contributed by atoms with Gasteiger partial charge in [0.05, 0.1) is 19.7 Å². The zero-order valence-corrected chi connectivity index (χ0v) is 12.1. The summed E-state index contributed by atoms with van der Waals surface area (Å²) in [5.74, 6) is 0.187. The van der Waals surface area contributed by atoms with E-state index >= 15 is 0 Å². The Morgan fingerprint density at radius 2 is 2.21 bits per heavy atom. The third-order valence-electron chi connectivity index (χ3n) is 3.13. The van der Waals surface area contributed by atoms with Crippen LogP contribution in [0.5, 0.6) is 5.75 Å². The molecule has 2 N–H and O–H groups in total. The first-order chi connectivity index (χ1) is 9.02. The van der Waals surface area contributed by atoms with Crippen molar-refractivity contribution in [3.05, 3.63) is 28.2 Å². The van der Waals surface area contributed by atoms with Crippen LogP contribution < -0.4 is 10.5 Å². The van der Waals surface area contributed by atoms with Crippen molar-refractivity contribution >= 4 is 27.7 Å². The van der Waals surface area contributed by atoms with Gasteiger partial charge in [0.2, 0.25) is 11.8 Å². The van der Waals surface area contributed by atoms with E-state index in [1.54, 1.807) is 19.2 Å². The molecule has 6 heteroatoms. The van der Waals surface area contributed by atoms with Crippen molar-refractivity contribution in [1.29, 1.82) is 0 Å². The Morgan fingerprint density at radius 3 is 2.89 bits per heavy atom. The van der Waals surface area contributed by atoms with E-state index in [0.29, 0.717) is 18.6 Å². The minimum absolute atomic E-state index is 0.179. The third kappa shape index (κ3) is 2.96. The van der Waals surface area contributed by atoms with Crippen LogP contribution in [0.15, 0.2) is 22.7 Å². The maximum atomic E-state index is 11.9. The molecule has 1 fully saturated rings. The number of hydrogen-bond donors (Lipinski definition) is 1. The molecule has 0 aromatic heterocycles. The van der Waals surface area contributed by atoms with E-state index in [1.807, 2.05) is 6.07 Å². The smallest absolute Gasteiger partial charge is 0.246 e. The zero-order chi connectivity index (χ0) is 14.0. The lowest BCUT2D eigenvalue weighted by Crippen LogP contribution is -2.50. The van der Waals surface area contributed by atoms with Crippen LogP contribution in [-0.4, -0.2) is 29.9 Å². The second-order valence-electron chi connectivity index (χ2n) is 4.42. The average molecular weight is 327 g/mol. The van der Waals surface area contributed by atoms with Crippen LogP contribution in [0.1, 0.15) is 18.4 Å². The number of halogens is 1. The molecule has 1 aliphatic rings. The molecule has 1 heterocycles. The second-order valence-corrected chi connectivity index (χ2v) is 5.27. The van der Waals surface area contributed by atoms with Crippen molar-refractivity contribution in [3.63, 3.8) is 0 Å². The Kier molecular flexibility index (Phi) is 4.21. The normalized spacial score (nSPS) is 19.7. The van der Waals surface area contributed by atoms with Crippen molar-refractivity contribution in [1.82, 2.24) is 4.90 Å². The highest BCUT2D eigenvalue weighted by molar-refractivity contribution is 9.10. The van der Waals surface area contributed by atoms with Crippen LogP contribution in [0.2, 0.25) is 0 Å². The standard InChI is InChI=1S/C13H15BrN2O3/c1-19-9-2-3-10(14)8(6-9)7-16-12(17)5-4-11(15)13(16)18/h2-3,6,11H,4-5,7,15H2,1H3. The van der Waals surface area contributed by atoms with E-state index in [9.17, 15) is 9.59 Å². The largest absolute Gasteiger partial charge is 0.497 e. The predicted molar refractivity (Wildman–Crippen MR) is 73.5 cm³/mol. The lowest BCUT2D eigenvalue weighted by Gasteiger charge is -2.29. The van der Waals surface area contributed by atoms with Gasteiger partial charge in [-0.25, -0.2) is 0 Å². The first-order valence-corrected chi connectivity index (χ1v) is 6.74. The number of hydrogen-bond acceptors (Lipinski definition) is 4. The van der Waals surface area contributed by atoms with Gasteiger partial charge in [0.25, 0.3) is 0 Å². The maximum absolute atomic E-state index is 11.9. The van der Waals surface area contributed by atoms with Gasteiger partial charge in [-0.05, 0) is 30.2 Å². The Labute approximate surface area is 119 Å². The van der Waals surface area contributed by atoms with Gasteiger partial charge in [0.15, 0.2) is 0 Å². The molecule has 0 saturated carbocycles. The molecule has 19 heavy (non-hydrogen) atoms. The van der Waals surface area contributed by atoms with Gasteiger partial charge < -0.3 is 10.5 Å². The van der Waals surface area contributed by atoms with Gasteiger partial charge in [-0.15, -0.1) is 0 Å². The van der Waals surface area contributed by atoms with Crippen LogP contribution in [0, 0.1) is 0 Å². The summed E-state index contributed by atoms with van der Waals surface area (Å²) in [6.45, 7) is 0.211. The number of likely N-dealkylation sites (tertiary alicyclic amines) is 1. The van der Waals surface area contributed by atoms with Crippen LogP contribution in [0.25, 0.3) is 0 Å². The molecular formula is C13H15BrN2O3. The second kappa shape index (κ2) is 5.71. The number of carbonyl (C=O) groups is 2. The molecule has 1 unspecified atom stereocenters. The molecule has 0 radical (unpaired) electrons. The van der Waals surface area contributed by atoms with Crippen LogP contribution >= 0.6 is 15.9 Å². The quantitative estimate of drug-likeness (QED) is 0.853. The van der Waals surface area contributed by atoms with Gasteiger partial charge in [0.1, 0.15) is 5.75 Å². The molecule has 2 amide bonds. The fourth-order valence-corrected chi connectivity index (χ4v) is 2.37. The topological polar surface area (TPSA) is 72.6 Å². The first kappa shape index (κ1) is 14.0. The fourth-order valence-electron chi connectivity index (χ4n) is 2.00. The lowest BCUT2D eigenvalue weighted by molar-refractivity contribution is -0.149. The number of imide groups is 1. The number of amides is 2. The van der Waals surface area contributed by atoms with E-state index in [2.05, 4.69) is 15.9 Å². The number of nitrogens with two attached hydrogens (primary N) is 1. The zero-order valence-electron chi connectivity index (χ0n) is 10.6. The molecule has 5 nitrogen and oxygen atoms in total. The summed E-state index contributed by atoms with van der Waals surface area (Å²) in [4.78, 5) is 25.0. The highest BCUT2D eigenvalue weighted by atomic mass is 79.9. The maximum Gasteiger partial charge on any atom is 0.246 e. The summed E-state index contributed by atoms with van der Waals surface area (Å²) in [5.41, 5.74) is 6.51. The number of benzene rings is 1. The van der Waals surface area contributed by atoms with Gasteiger partial charge in [-0.2, -0.15) is 0 Å². The lowest BCUT2D eigenvalue weighted by atomic mass is 10.0. The molecule has 1 atom stereocenters. The van der Waals surface area contributed by atoms with Crippen molar-refractivity contribution in [3.8, 4) is 5.75 Å². The minimum atomic E-state index is -0.581. The highest BCUT2D eigenvalue weighted by Gasteiger charge is 2.32. The third-order valence-corrected chi connectivity index (χ3v) is 3.91. The molecule has 102 valence electrons. The summed E-state index contributed by atoms with van der Waals surface area (Å²) < 4.78 is 5.97. The Morgan fingerprint density at radius 1 is 1.47 bits per heavy atom. The Balaban J connectivity index is 2.24. The molecule has 1 aliphatic heterocycles. The molecule has 1 saturated heterocycles. The van der Waals surface area contributed by atoms with Crippen molar-refractivity contribution in [2.75, 3.05) is 7.11 Å². The number of nitrogens with zero attached hydrogens (tertiary/aromatic N) is 1. The van der Waals surface area contributed by atoms with E-state index in [4.69, 9.17) is 10.5 Å². The van der Waals surface area contributed by atoms with Crippen molar-refractivity contribution in [2.24, 2.45) is 5.73 Å². The minimum Gasteiger partial charge on any atom is -0.497 e. The van der Waals surface area contributed by atoms with Gasteiger partial charge in [-0.3, -0.25) is 14.5 Å². The van der Waals surface area contributed by atoms with Gasteiger partial charge >= 0.3 is 0 Å². The van der Waals surface area contributed by atoms with Crippen molar-refractivity contribution in [2.45, 2.75) is 25.4 Å². The fraction of sp³-hybridized carbons (Fsp3) is 0.385. The summed E-state index contributed by atoms with van der Waals surface area (Å²) in [5, 5.41) is 0. The molecule has 0 aliphatic carbocycles. The Hall–Kier alpha value is -1.40. The monoisotopic (exact) mass is 326 g/mol. The number of ether oxygens (including phenoxy) is 1. The van der Waals surface area contributed by atoms with E-state index < -0.39 is 6.04 Å². The van der Waals surface area contributed by atoms with Crippen LogP contribution in [0.3, 0.4) is 0 Å². The molecule has 1 aromatic rings. The summed E-state index contributed by atoms with van der Waals surface area (Å²) >= 11 is 3.41. The number of methoxy groups -OCH3 is 1. The highest BCUT2D eigenvalue weighted by Crippen LogP contribution is 2.25. The van der Waals surface area contributed by atoms with E-state index in [-0.39, 0.29) is 18.4 Å². The first-order valence-electron chi connectivity index (χ1n) is 5.95. The van der Waals surface area contributed by atoms with E-state index in [1.165, 1.54) is 4.90 Å². The summed E-state index contributed by atoms with van der Waals surface area (Å²) in [6, 6.07) is 4.85. The average Bonchev–Trinajstić information content (AvgIpc) is 2.41. The van der Waals surface area contributed by atoms with Crippen molar-refractivity contribution < 1.29 is 14.3 Å². The SMILES string of the molecule is COc1ccc(Br)c(CN2C(=O)CCC(N)C2=O)c1. The summed E-state index contributed by atoms with van der Waals surface area (Å²) in [6.07, 6.45) is 0.738.